The number of benzene rings is 2. The van der Waals surface area contributed by atoms with Gasteiger partial charge in [0.25, 0.3) is 0 Å². The van der Waals surface area contributed by atoms with Crippen molar-refractivity contribution in [2.24, 2.45) is 0 Å². The van der Waals surface area contributed by atoms with Crippen molar-refractivity contribution in [3.63, 3.8) is 0 Å². The number of sulfonamides is 1. The van der Waals surface area contributed by atoms with E-state index in [0.717, 1.165) is 10.2 Å². The zero-order valence-corrected chi connectivity index (χ0v) is 16.4. The number of rotatable bonds is 3. The van der Waals surface area contributed by atoms with Crippen molar-refractivity contribution in [3.05, 3.63) is 57.5 Å². The van der Waals surface area contributed by atoms with E-state index in [-0.39, 0.29) is 4.90 Å². The molecule has 0 atom stereocenters. The molecule has 1 aliphatic rings. The number of nitriles is 1. The molecule has 25 heavy (non-hydrogen) atoms. The van der Waals surface area contributed by atoms with E-state index in [1.807, 2.05) is 12.1 Å². The fraction of sp³-hybridized carbons (Fsp3) is 0.235. The summed E-state index contributed by atoms with van der Waals surface area (Å²) in [7, 11) is -3.50. The maximum atomic E-state index is 12.7. The Kier molecular flexibility index (Phi) is 5.35. The molecule has 2 aromatic rings. The summed E-state index contributed by atoms with van der Waals surface area (Å²) in [4.78, 5) is 2.36. The average molecular weight is 441 g/mol. The van der Waals surface area contributed by atoms with E-state index in [0.29, 0.717) is 36.8 Å². The highest BCUT2D eigenvalue weighted by Gasteiger charge is 2.28. The fourth-order valence-electron chi connectivity index (χ4n) is 2.75. The molecule has 1 saturated heterocycles. The minimum Gasteiger partial charge on any atom is -0.369 e. The summed E-state index contributed by atoms with van der Waals surface area (Å²) in [6, 6.07) is 14.0. The van der Waals surface area contributed by atoms with Crippen molar-refractivity contribution in [3.8, 4) is 6.07 Å². The molecule has 1 aliphatic heterocycles. The number of anilines is 1. The first-order chi connectivity index (χ1) is 11.9. The summed E-state index contributed by atoms with van der Waals surface area (Å²) in [5.74, 6) is 0. The van der Waals surface area contributed by atoms with Crippen molar-refractivity contribution in [1.82, 2.24) is 4.31 Å². The van der Waals surface area contributed by atoms with Crippen molar-refractivity contribution in [1.29, 1.82) is 5.26 Å². The molecule has 8 heteroatoms. The van der Waals surface area contributed by atoms with Crippen LogP contribution in [0, 0.1) is 11.3 Å². The number of hydrogen-bond donors (Lipinski definition) is 0. The molecule has 0 spiro atoms. The lowest BCUT2D eigenvalue weighted by Crippen LogP contribution is -2.48. The zero-order chi connectivity index (χ0) is 18.0. The zero-order valence-electron chi connectivity index (χ0n) is 13.2. The molecule has 0 N–H and O–H groups in total. The third-order valence-corrected chi connectivity index (χ3v) is 6.81. The van der Waals surface area contributed by atoms with Gasteiger partial charge in [0.05, 0.1) is 15.5 Å². The van der Waals surface area contributed by atoms with Crippen LogP contribution >= 0.6 is 27.5 Å². The molecule has 3 rings (SSSR count). The Balaban J connectivity index is 1.73. The molecule has 1 fully saturated rings. The largest absolute Gasteiger partial charge is 0.369 e. The maximum Gasteiger partial charge on any atom is 0.243 e. The normalized spacial score (nSPS) is 15.8. The Morgan fingerprint density at radius 2 is 1.80 bits per heavy atom. The summed E-state index contributed by atoms with van der Waals surface area (Å²) in [5, 5.41) is 9.35. The van der Waals surface area contributed by atoms with E-state index < -0.39 is 10.0 Å². The van der Waals surface area contributed by atoms with Crippen molar-refractivity contribution < 1.29 is 8.42 Å². The quantitative estimate of drug-likeness (QED) is 0.733. The fourth-order valence-corrected chi connectivity index (χ4v) is 4.99. The molecule has 0 aromatic heterocycles. The summed E-state index contributed by atoms with van der Waals surface area (Å²) >= 11 is 9.40. The van der Waals surface area contributed by atoms with Crippen LogP contribution in [0.3, 0.4) is 0 Å². The third-order valence-electron chi connectivity index (χ3n) is 4.11. The second-order valence-corrected chi connectivity index (χ2v) is 8.89. The van der Waals surface area contributed by atoms with E-state index >= 15 is 0 Å². The molecular weight excluding hydrogens is 426 g/mol. The van der Waals surface area contributed by atoms with Crippen LogP contribution in [0.25, 0.3) is 0 Å². The van der Waals surface area contributed by atoms with Gasteiger partial charge in [0.2, 0.25) is 10.0 Å². The first-order valence-electron chi connectivity index (χ1n) is 7.62. The van der Waals surface area contributed by atoms with Gasteiger partial charge in [0.1, 0.15) is 6.07 Å². The Bertz CT molecular complexity index is 935. The molecule has 130 valence electrons. The van der Waals surface area contributed by atoms with Gasteiger partial charge in [-0.1, -0.05) is 33.6 Å². The smallest absolute Gasteiger partial charge is 0.243 e. The highest BCUT2D eigenvalue weighted by atomic mass is 79.9. The highest BCUT2D eigenvalue weighted by molar-refractivity contribution is 9.10. The molecule has 5 nitrogen and oxygen atoms in total. The Morgan fingerprint density at radius 3 is 2.40 bits per heavy atom. The Labute approximate surface area is 160 Å². The monoisotopic (exact) mass is 439 g/mol. The van der Waals surface area contributed by atoms with Crippen LogP contribution in [-0.2, 0) is 10.0 Å². The molecule has 0 unspecified atom stereocenters. The van der Waals surface area contributed by atoms with Gasteiger partial charge in [-0.05, 0) is 36.4 Å². The number of halogens is 2. The van der Waals surface area contributed by atoms with Gasteiger partial charge in [-0.15, -0.1) is 0 Å². The lowest BCUT2D eigenvalue weighted by Gasteiger charge is -2.35. The van der Waals surface area contributed by atoms with Crippen LogP contribution in [0.4, 0.5) is 5.69 Å². The van der Waals surface area contributed by atoms with Crippen LogP contribution in [-0.4, -0.2) is 38.9 Å². The predicted octanol–water partition coefficient (Wildman–Crippen LogP) is 3.49. The highest BCUT2D eigenvalue weighted by Crippen LogP contribution is 2.26. The molecule has 0 radical (unpaired) electrons. The second kappa shape index (κ2) is 7.34. The van der Waals surface area contributed by atoms with Crippen molar-refractivity contribution >= 4 is 43.2 Å². The maximum absolute atomic E-state index is 12.7. The Hall–Kier alpha value is -1.59. The van der Waals surface area contributed by atoms with Gasteiger partial charge in [-0.25, -0.2) is 8.42 Å². The van der Waals surface area contributed by atoms with Crippen LogP contribution in [0.15, 0.2) is 51.8 Å². The Morgan fingerprint density at radius 1 is 1.08 bits per heavy atom. The van der Waals surface area contributed by atoms with Crippen molar-refractivity contribution in [2.75, 3.05) is 31.1 Å². The summed E-state index contributed by atoms with van der Waals surface area (Å²) < 4.78 is 27.7. The van der Waals surface area contributed by atoms with E-state index in [2.05, 4.69) is 20.8 Å². The van der Waals surface area contributed by atoms with Crippen molar-refractivity contribution in [2.45, 2.75) is 4.90 Å². The van der Waals surface area contributed by atoms with E-state index in [1.165, 1.54) is 4.31 Å². The van der Waals surface area contributed by atoms with Crippen LogP contribution < -0.4 is 4.90 Å². The standard InChI is InChI=1S/C17H15BrClN3O2S/c18-14-2-1-3-16(10-14)25(23,24)22-8-6-21(7-9-22)15-5-4-13(12-20)17(19)11-15/h1-5,10-11H,6-9H2. The summed E-state index contributed by atoms with van der Waals surface area (Å²) in [6.07, 6.45) is 0. The van der Waals surface area contributed by atoms with Gasteiger partial charge in [-0.3, -0.25) is 0 Å². The van der Waals surface area contributed by atoms with Crippen LogP contribution in [0.5, 0.6) is 0 Å². The lowest BCUT2D eigenvalue weighted by molar-refractivity contribution is 0.385. The van der Waals surface area contributed by atoms with Gasteiger partial charge in [-0.2, -0.15) is 9.57 Å². The molecule has 0 amide bonds. The minimum absolute atomic E-state index is 0.289. The number of hydrogen-bond acceptors (Lipinski definition) is 4. The molecule has 0 bridgehead atoms. The van der Waals surface area contributed by atoms with E-state index in [4.69, 9.17) is 16.9 Å². The van der Waals surface area contributed by atoms with Crippen LogP contribution in [0.2, 0.25) is 5.02 Å². The molecule has 0 saturated carbocycles. The summed E-state index contributed by atoms with van der Waals surface area (Å²) in [6.45, 7) is 1.92. The first-order valence-corrected chi connectivity index (χ1v) is 10.2. The van der Waals surface area contributed by atoms with Gasteiger partial charge in [0, 0.05) is 36.3 Å². The van der Waals surface area contributed by atoms with Crippen LogP contribution in [0.1, 0.15) is 5.56 Å². The molecule has 0 aliphatic carbocycles. The SMILES string of the molecule is N#Cc1ccc(N2CCN(S(=O)(=O)c3cccc(Br)c3)CC2)cc1Cl. The number of nitrogens with zero attached hydrogens (tertiary/aromatic N) is 3. The average Bonchev–Trinajstić information content (AvgIpc) is 2.62. The minimum atomic E-state index is -3.50. The molecule has 2 aromatic carbocycles. The van der Waals surface area contributed by atoms with Gasteiger partial charge >= 0.3 is 0 Å². The third kappa shape index (κ3) is 3.82. The van der Waals surface area contributed by atoms with Gasteiger partial charge < -0.3 is 4.90 Å². The molecule has 1 heterocycles. The lowest BCUT2D eigenvalue weighted by atomic mass is 10.2. The van der Waals surface area contributed by atoms with E-state index in [1.54, 1.807) is 36.4 Å². The van der Waals surface area contributed by atoms with E-state index in [9.17, 15) is 8.42 Å². The van der Waals surface area contributed by atoms with Gasteiger partial charge in [0.15, 0.2) is 0 Å². The number of piperazine rings is 1. The predicted molar refractivity (Wildman–Crippen MR) is 101 cm³/mol. The second-order valence-electron chi connectivity index (χ2n) is 5.62. The summed E-state index contributed by atoms with van der Waals surface area (Å²) in [5.41, 5.74) is 1.32. The molecular formula is C17H15BrClN3O2S. The first kappa shape index (κ1) is 18.2. The topological polar surface area (TPSA) is 64.4 Å².